The van der Waals surface area contributed by atoms with Crippen LogP contribution < -0.4 is 0 Å². The van der Waals surface area contributed by atoms with E-state index in [1.54, 1.807) is 4.90 Å². The van der Waals surface area contributed by atoms with Gasteiger partial charge in [0.05, 0.1) is 12.7 Å². The number of hydrogen-bond donors (Lipinski definition) is 0. The highest BCUT2D eigenvalue weighted by Crippen LogP contribution is 2.16. The fourth-order valence-electron chi connectivity index (χ4n) is 2.77. The second kappa shape index (κ2) is 6.29. The molecule has 2 heterocycles. The average Bonchev–Trinajstić information content (AvgIpc) is 2.79. The minimum Gasteiger partial charge on any atom is -0.443 e. The third-order valence-electron chi connectivity index (χ3n) is 4.03. The predicted molar refractivity (Wildman–Crippen MR) is 85.3 cm³/mol. The maximum atomic E-state index is 12.5. The summed E-state index contributed by atoms with van der Waals surface area (Å²) in [5.74, 6) is -0.000726. The van der Waals surface area contributed by atoms with Gasteiger partial charge < -0.3 is 9.32 Å². The first-order chi connectivity index (χ1) is 10.9. The second-order valence-electron chi connectivity index (χ2n) is 5.73. The monoisotopic (exact) mass is 337 g/mol. The molecule has 2 aromatic rings. The van der Waals surface area contributed by atoms with Gasteiger partial charge in [-0.2, -0.15) is 0 Å². The van der Waals surface area contributed by atoms with Gasteiger partial charge >= 0.3 is 0 Å². The molecule has 1 fully saturated rings. The van der Waals surface area contributed by atoms with Crippen molar-refractivity contribution in [2.75, 3.05) is 32.4 Å². The molecule has 3 rings (SSSR count). The van der Waals surface area contributed by atoms with Gasteiger partial charge in [0.15, 0.2) is 12.0 Å². The van der Waals surface area contributed by atoms with Crippen molar-refractivity contribution in [3.63, 3.8) is 0 Å². The normalized spacial score (nSPS) is 17.3. The Morgan fingerprint density at radius 1 is 1.26 bits per heavy atom. The van der Waals surface area contributed by atoms with Crippen LogP contribution >= 0.6 is 0 Å². The van der Waals surface area contributed by atoms with Crippen molar-refractivity contribution < 1.29 is 17.6 Å². The number of nitrogens with zero attached hydrogens (tertiary/aromatic N) is 3. The van der Waals surface area contributed by atoms with E-state index in [1.807, 2.05) is 18.2 Å². The smallest absolute Gasteiger partial charge is 0.227 e. The molecule has 0 saturated carbocycles. The highest BCUT2D eigenvalue weighted by atomic mass is 32.2. The van der Waals surface area contributed by atoms with Crippen molar-refractivity contribution in [2.24, 2.45) is 0 Å². The number of amides is 1. The van der Waals surface area contributed by atoms with Gasteiger partial charge in [-0.1, -0.05) is 6.07 Å². The first-order valence-electron chi connectivity index (χ1n) is 7.48. The molecule has 1 aliphatic rings. The zero-order valence-electron chi connectivity index (χ0n) is 12.9. The molecule has 1 aromatic heterocycles. The lowest BCUT2D eigenvalue weighted by molar-refractivity contribution is -0.130. The van der Waals surface area contributed by atoms with Crippen LogP contribution in [0.25, 0.3) is 11.1 Å². The van der Waals surface area contributed by atoms with Crippen LogP contribution in [0.15, 0.2) is 29.0 Å². The van der Waals surface area contributed by atoms with Gasteiger partial charge in [-0.05, 0) is 24.1 Å². The maximum absolute atomic E-state index is 12.5. The third kappa shape index (κ3) is 3.70. The Kier molecular flexibility index (Phi) is 4.36. The van der Waals surface area contributed by atoms with Gasteiger partial charge in [-0.25, -0.2) is 17.7 Å². The van der Waals surface area contributed by atoms with Gasteiger partial charge in [0.25, 0.3) is 0 Å². The Balaban J connectivity index is 1.66. The van der Waals surface area contributed by atoms with Crippen LogP contribution in [0, 0.1) is 0 Å². The summed E-state index contributed by atoms with van der Waals surface area (Å²) in [5, 5.41) is 0. The summed E-state index contributed by atoms with van der Waals surface area (Å²) < 4.78 is 29.9. The lowest BCUT2D eigenvalue weighted by atomic mass is 10.1. The van der Waals surface area contributed by atoms with E-state index in [-0.39, 0.29) is 12.3 Å². The molecule has 0 bridgehead atoms. The van der Waals surface area contributed by atoms with Crippen LogP contribution in [0.2, 0.25) is 0 Å². The first kappa shape index (κ1) is 15.9. The molecule has 0 aliphatic carbocycles. The fraction of sp³-hybridized carbons (Fsp3) is 0.467. The van der Waals surface area contributed by atoms with Crippen molar-refractivity contribution in [1.82, 2.24) is 14.2 Å². The van der Waals surface area contributed by atoms with Gasteiger partial charge in [0, 0.05) is 26.2 Å². The largest absolute Gasteiger partial charge is 0.443 e. The summed E-state index contributed by atoms with van der Waals surface area (Å²) in [6.07, 6.45) is 3.51. The Morgan fingerprint density at radius 2 is 2.09 bits per heavy atom. The third-order valence-corrected chi connectivity index (χ3v) is 5.33. The SMILES string of the molecule is CS(=O)(=O)N1CCCN(C(=O)Cc2ccc3ncoc3c2)CC1. The molecule has 0 spiro atoms. The number of carbonyl (C=O) groups is 1. The summed E-state index contributed by atoms with van der Waals surface area (Å²) in [7, 11) is -3.20. The number of oxazole rings is 1. The molecule has 1 amide bonds. The van der Waals surface area contributed by atoms with E-state index in [4.69, 9.17) is 4.42 Å². The zero-order chi connectivity index (χ0) is 16.4. The van der Waals surface area contributed by atoms with E-state index in [0.29, 0.717) is 38.2 Å². The zero-order valence-corrected chi connectivity index (χ0v) is 13.8. The van der Waals surface area contributed by atoms with E-state index >= 15 is 0 Å². The number of sulfonamides is 1. The molecule has 0 atom stereocenters. The van der Waals surface area contributed by atoms with Crippen LogP contribution in [0.4, 0.5) is 0 Å². The minimum absolute atomic E-state index is 0.000726. The minimum atomic E-state index is -3.20. The molecule has 8 heteroatoms. The number of fused-ring (bicyclic) bond motifs is 1. The van der Waals surface area contributed by atoms with E-state index in [2.05, 4.69) is 4.98 Å². The summed E-state index contributed by atoms with van der Waals surface area (Å²) >= 11 is 0. The number of carbonyl (C=O) groups excluding carboxylic acids is 1. The highest BCUT2D eigenvalue weighted by molar-refractivity contribution is 7.88. The van der Waals surface area contributed by atoms with E-state index in [1.165, 1.54) is 17.0 Å². The number of benzene rings is 1. The molecule has 1 saturated heterocycles. The van der Waals surface area contributed by atoms with Gasteiger partial charge in [-0.15, -0.1) is 0 Å². The molecule has 1 aliphatic heterocycles. The molecule has 0 radical (unpaired) electrons. The van der Waals surface area contributed by atoms with E-state index in [9.17, 15) is 13.2 Å². The molecule has 23 heavy (non-hydrogen) atoms. The van der Waals surface area contributed by atoms with Crippen LogP contribution in [-0.4, -0.2) is 60.9 Å². The van der Waals surface area contributed by atoms with Crippen LogP contribution in [-0.2, 0) is 21.2 Å². The Hall–Kier alpha value is -1.93. The maximum Gasteiger partial charge on any atom is 0.227 e. The quantitative estimate of drug-likeness (QED) is 0.829. The highest BCUT2D eigenvalue weighted by Gasteiger charge is 2.23. The summed E-state index contributed by atoms with van der Waals surface area (Å²) in [6, 6.07) is 5.51. The standard InChI is InChI=1S/C15H19N3O4S/c1-23(20,21)18-6-2-5-17(7-8-18)15(19)10-12-3-4-13-14(9-12)22-11-16-13/h3-4,9,11H,2,5-8,10H2,1H3. The first-order valence-corrected chi connectivity index (χ1v) is 9.33. The Bertz CT molecular complexity index is 815. The summed E-state index contributed by atoms with van der Waals surface area (Å²) in [4.78, 5) is 18.2. The van der Waals surface area contributed by atoms with Crippen molar-refractivity contribution >= 4 is 27.0 Å². The van der Waals surface area contributed by atoms with Gasteiger partial charge in [0.1, 0.15) is 5.52 Å². The summed E-state index contributed by atoms with van der Waals surface area (Å²) in [6.45, 7) is 1.82. The van der Waals surface area contributed by atoms with Crippen LogP contribution in [0.5, 0.6) is 0 Å². The van der Waals surface area contributed by atoms with Crippen molar-refractivity contribution in [3.8, 4) is 0 Å². The fourth-order valence-corrected chi connectivity index (χ4v) is 3.64. The predicted octanol–water partition coefficient (Wildman–Crippen LogP) is 0.864. The number of aromatic nitrogens is 1. The van der Waals surface area contributed by atoms with Crippen molar-refractivity contribution in [1.29, 1.82) is 0 Å². The molecule has 0 unspecified atom stereocenters. The van der Waals surface area contributed by atoms with Crippen LogP contribution in [0.1, 0.15) is 12.0 Å². The Labute approximate surface area is 134 Å². The molecule has 124 valence electrons. The van der Waals surface area contributed by atoms with E-state index < -0.39 is 10.0 Å². The second-order valence-corrected chi connectivity index (χ2v) is 7.71. The van der Waals surface area contributed by atoms with Crippen LogP contribution in [0.3, 0.4) is 0 Å². The Morgan fingerprint density at radius 3 is 2.87 bits per heavy atom. The van der Waals surface area contributed by atoms with Gasteiger partial charge in [-0.3, -0.25) is 4.79 Å². The topological polar surface area (TPSA) is 83.7 Å². The lowest BCUT2D eigenvalue weighted by Gasteiger charge is -2.21. The number of rotatable bonds is 3. The average molecular weight is 337 g/mol. The number of hydrogen-bond acceptors (Lipinski definition) is 5. The molecular formula is C15H19N3O4S. The van der Waals surface area contributed by atoms with Crippen molar-refractivity contribution in [2.45, 2.75) is 12.8 Å². The lowest BCUT2D eigenvalue weighted by Crippen LogP contribution is -2.37. The molecule has 0 N–H and O–H groups in total. The molecular weight excluding hydrogens is 318 g/mol. The van der Waals surface area contributed by atoms with Gasteiger partial charge in [0.2, 0.25) is 15.9 Å². The molecule has 1 aromatic carbocycles. The van der Waals surface area contributed by atoms with E-state index in [0.717, 1.165) is 11.1 Å². The molecule has 7 nitrogen and oxygen atoms in total. The summed E-state index contributed by atoms with van der Waals surface area (Å²) in [5.41, 5.74) is 2.29. The van der Waals surface area contributed by atoms with Crippen molar-refractivity contribution in [3.05, 3.63) is 30.2 Å².